The molecular weight excluding hydrogens is 302 g/mol. The molecule has 0 saturated heterocycles. The standard InChI is InChI=1S/C17H12ClNO3/c18-10-2-4-12-9(7-10)1-6-15-16(12)17(19-22-15)13-5-3-11(20)8-14(13)21/h1-2,4,6-7,13H,3,5,8H2/t13-/m0/s1. The van der Waals surface area contributed by atoms with E-state index in [9.17, 15) is 9.59 Å². The molecule has 0 spiro atoms. The van der Waals surface area contributed by atoms with Gasteiger partial charge in [-0.1, -0.05) is 28.9 Å². The lowest BCUT2D eigenvalue weighted by Crippen LogP contribution is -2.23. The van der Waals surface area contributed by atoms with Crippen LogP contribution in [0.3, 0.4) is 0 Å². The van der Waals surface area contributed by atoms with Gasteiger partial charge in [-0.15, -0.1) is 0 Å². The zero-order chi connectivity index (χ0) is 15.3. The van der Waals surface area contributed by atoms with Crippen LogP contribution in [0.15, 0.2) is 34.9 Å². The molecule has 0 radical (unpaired) electrons. The second kappa shape index (κ2) is 4.92. The van der Waals surface area contributed by atoms with Crippen LogP contribution >= 0.6 is 11.6 Å². The van der Waals surface area contributed by atoms with Gasteiger partial charge in [-0.05, 0) is 35.4 Å². The first-order valence-corrected chi connectivity index (χ1v) is 7.53. The predicted molar refractivity (Wildman–Crippen MR) is 83.1 cm³/mol. The highest BCUT2D eigenvalue weighted by atomic mass is 35.5. The summed E-state index contributed by atoms with van der Waals surface area (Å²) in [5.74, 6) is -0.427. The fourth-order valence-corrected chi connectivity index (χ4v) is 3.34. The second-order valence-electron chi connectivity index (χ2n) is 5.64. The van der Waals surface area contributed by atoms with Gasteiger partial charge in [-0.3, -0.25) is 9.59 Å². The van der Waals surface area contributed by atoms with Gasteiger partial charge >= 0.3 is 0 Å². The average Bonchev–Trinajstić information content (AvgIpc) is 2.91. The lowest BCUT2D eigenvalue weighted by atomic mass is 9.83. The van der Waals surface area contributed by atoms with Crippen molar-refractivity contribution in [2.24, 2.45) is 0 Å². The summed E-state index contributed by atoms with van der Waals surface area (Å²) in [4.78, 5) is 23.6. The smallest absolute Gasteiger partial charge is 0.167 e. The number of rotatable bonds is 1. The molecule has 1 fully saturated rings. The minimum atomic E-state index is -0.361. The van der Waals surface area contributed by atoms with Gasteiger partial charge in [0, 0.05) is 11.4 Å². The maximum atomic E-state index is 12.2. The number of carbonyl (C=O) groups is 2. The van der Waals surface area contributed by atoms with E-state index in [0.29, 0.717) is 29.1 Å². The number of ketones is 2. The van der Waals surface area contributed by atoms with Gasteiger partial charge in [0.15, 0.2) is 5.58 Å². The van der Waals surface area contributed by atoms with Crippen LogP contribution < -0.4 is 0 Å². The van der Waals surface area contributed by atoms with Crippen LogP contribution in [0.4, 0.5) is 0 Å². The zero-order valence-corrected chi connectivity index (χ0v) is 12.4. The van der Waals surface area contributed by atoms with Crippen LogP contribution in [-0.4, -0.2) is 16.7 Å². The van der Waals surface area contributed by atoms with Crippen molar-refractivity contribution in [3.8, 4) is 0 Å². The molecule has 0 N–H and O–H groups in total. The molecule has 22 heavy (non-hydrogen) atoms. The summed E-state index contributed by atoms with van der Waals surface area (Å²) in [6.45, 7) is 0. The normalized spacial score (nSPS) is 19.2. The Balaban J connectivity index is 1.95. The summed E-state index contributed by atoms with van der Waals surface area (Å²) in [5, 5.41) is 7.57. The van der Waals surface area contributed by atoms with E-state index in [4.69, 9.17) is 16.1 Å². The summed E-state index contributed by atoms with van der Waals surface area (Å²) < 4.78 is 5.40. The number of carbonyl (C=O) groups excluding carboxylic acids is 2. The average molecular weight is 314 g/mol. The molecule has 4 rings (SSSR count). The van der Waals surface area contributed by atoms with Crippen molar-refractivity contribution in [2.45, 2.75) is 25.2 Å². The van der Waals surface area contributed by atoms with Crippen molar-refractivity contribution in [1.82, 2.24) is 5.16 Å². The molecule has 5 heteroatoms. The topological polar surface area (TPSA) is 60.2 Å². The van der Waals surface area contributed by atoms with E-state index in [1.807, 2.05) is 30.3 Å². The first-order valence-electron chi connectivity index (χ1n) is 7.15. The van der Waals surface area contributed by atoms with Crippen LogP contribution in [0.2, 0.25) is 5.02 Å². The van der Waals surface area contributed by atoms with Crippen LogP contribution in [0, 0.1) is 0 Å². The maximum absolute atomic E-state index is 12.2. The highest BCUT2D eigenvalue weighted by Gasteiger charge is 2.32. The number of halogens is 1. The first kappa shape index (κ1) is 13.5. The Morgan fingerprint density at radius 1 is 1.18 bits per heavy atom. The van der Waals surface area contributed by atoms with E-state index in [2.05, 4.69) is 5.16 Å². The summed E-state index contributed by atoms with van der Waals surface area (Å²) >= 11 is 6.04. The van der Waals surface area contributed by atoms with E-state index in [0.717, 1.165) is 16.2 Å². The summed E-state index contributed by atoms with van der Waals surface area (Å²) in [6.07, 6.45) is 0.917. The fourth-order valence-electron chi connectivity index (χ4n) is 3.16. The second-order valence-corrected chi connectivity index (χ2v) is 6.08. The van der Waals surface area contributed by atoms with E-state index in [1.54, 1.807) is 0 Å². The Morgan fingerprint density at radius 2 is 2.05 bits per heavy atom. The number of Topliss-reactive ketones (excluding diaryl/α,β-unsaturated/α-hetero) is 2. The molecule has 110 valence electrons. The van der Waals surface area contributed by atoms with Crippen molar-refractivity contribution in [3.63, 3.8) is 0 Å². The Bertz CT molecular complexity index is 928. The third kappa shape index (κ3) is 2.03. The molecule has 0 aliphatic heterocycles. The van der Waals surface area contributed by atoms with Crippen LogP contribution in [0.1, 0.15) is 30.9 Å². The largest absolute Gasteiger partial charge is 0.356 e. The van der Waals surface area contributed by atoms with Crippen molar-refractivity contribution < 1.29 is 14.1 Å². The van der Waals surface area contributed by atoms with Gasteiger partial charge < -0.3 is 4.52 Å². The molecule has 4 nitrogen and oxygen atoms in total. The minimum absolute atomic E-state index is 0.00435. The van der Waals surface area contributed by atoms with E-state index < -0.39 is 0 Å². The lowest BCUT2D eigenvalue weighted by molar-refractivity contribution is -0.130. The Labute approximate surface area is 131 Å². The van der Waals surface area contributed by atoms with Gasteiger partial charge in [-0.2, -0.15) is 0 Å². The highest BCUT2D eigenvalue weighted by molar-refractivity contribution is 6.31. The number of nitrogens with zero attached hydrogens (tertiary/aromatic N) is 1. The quantitative estimate of drug-likeness (QED) is 0.636. The first-order chi connectivity index (χ1) is 10.6. The van der Waals surface area contributed by atoms with Crippen molar-refractivity contribution in [1.29, 1.82) is 0 Å². The molecule has 1 atom stereocenters. The summed E-state index contributed by atoms with van der Waals surface area (Å²) in [7, 11) is 0. The highest BCUT2D eigenvalue weighted by Crippen LogP contribution is 2.37. The van der Waals surface area contributed by atoms with Gasteiger partial charge in [-0.25, -0.2) is 0 Å². The Hall–Kier alpha value is -2.20. The molecule has 0 amide bonds. The van der Waals surface area contributed by atoms with E-state index in [1.165, 1.54) is 0 Å². The predicted octanol–water partition coefficient (Wildman–Crippen LogP) is 4.04. The summed E-state index contributed by atoms with van der Waals surface area (Å²) in [6, 6.07) is 9.36. The van der Waals surface area contributed by atoms with Crippen LogP contribution in [0.25, 0.3) is 21.7 Å². The van der Waals surface area contributed by atoms with Crippen molar-refractivity contribution >= 4 is 44.9 Å². The minimum Gasteiger partial charge on any atom is -0.356 e. The molecule has 2 aromatic carbocycles. The van der Waals surface area contributed by atoms with Gasteiger partial charge in [0.1, 0.15) is 17.3 Å². The maximum Gasteiger partial charge on any atom is 0.167 e. The Kier molecular flexibility index (Phi) is 3.01. The molecule has 0 unspecified atom stereocenters. The van der Waals surface area contributed by atoms with Crippen molar-refractivity contribution in [3.05, 3.63) is 41.0 Å². The molecule has 1 aliphatic carbocycles. The monoisotopic (exact) mass is 313 g/mol. The van der Waals surface area contributed by atoms with Crippen molar-refractivity contribution in [2.75, 3.05) is 0 Å². The van der Waals surface area contributed by atoms with Gasteiger partial charge in [0.25, 0.3) is 0 Å². The van der Waals surface area contributed by atoms with Gasteiger partial charge in [0.05, 0.1) is 17.7 Å². The molecule has 1 aliphatic rings. The van der Waals surface area contributed by atoms with Crippen LogP contribution in [0.5, 0.6) is 0 Å². The number of hydrogen-bond donors (Lipinski definition) is 0. The number of aromatic nitrogens is 1. The van der Waals surface area contributed by atoms with Crippen LogP contribution in [-0.2, 0) is 9.59 Å². The SMILES string of the molecule is O=C1CC[C@H](c2noc3ccc4cc(Cl)ccc4c23)C(=O)C1. The van der Waals surface area contributed by atoms with E-state index in [-0.39, 0.29) is 23.9 Å². The molecule has 3 aromatic rings. The van der Waals surface area contributed by atoms with E-state index >= 15 is 0 Å². The molecule has 0 bridgehead atoms. The third-order valence-electron chi connectivity index (χ3n) is 4.24. The lowest BCUT2D eigenvalue weighted by Gasteiger charge is -2.17. The molecular formula is C17H12ClNO3. The number of benzene rings is 2. The molecule has 1 aromatic heterocycles. The summed E-state index contributed by atoms with van der Waals surface area (Å²) in [5.41, 5.74) is 1.29. The molecule has 1 saturated carbocycles. The molecule has 1 heterocycles. The zero-order valence-electron chi connectivity index (χ0n) is 11.6. The fraction of sp³-hybridized carbons (Fsp3) is 0.235. The third-order valence-corrected chi connectivity index (χ3v) is 4.48. The number of hydrogen-bond acceptors (Lipinski definition) is 4. The number of fused-ring (bicyclic) bond motifs is 3. The van der Waals surface area contributed by atoms with Gasteiger partial charge in [0.2, 0.25) is 0 Å². The Morgan fingerprint density at radius 3 is 2.86 bits per heavy atom.